The Labute approximate surface area is 157 Å². The van der Waals surface area contributed by atoms with Crippen molar-refractivity contribution < 1.29 is 31.3 Å². The van der Waals surface area contributed by atoms with Gasteiger partial charge in [0.25, 0.3) is 11.6 Å². The highest BCUT2D eigenvalue weighted by Crippen LogP contribution is 2.31. The van der Waals surface area contributed by atoms with E-state index in [1.54, 1.807) is 0 Å². The Kier molecular flexibility index (Phi) is 6.36. The Hall–Kier alpha value is -2.99. The number of carbonyl (C=O) groups is 1. The fourth-order valence-corrected chi connectivity index (χ4v) is 3.25. The summed E-state index contributed by atoms with van der Waals surface area (Å²) in [5.74, 6) is -0.998. The third-order valence-corrected chi connectivity index (χ3v) is 5.01. The van der Waals surface area contributed by atoms with Crippen LogP contribution in [0.4, 0.5) is 18.9 Å². The normalized spacial score (nSPS) is 11.8. The molecule has 2 aromatic rings. The summed E-state index contributed by atoms with van der Waals surface area (Å²) >= 11 is 0. The number of alkyl halides is 3. The minimum atomic E-state index is -4.70. The van der Waals surface area contributed by atoms with Gasteiger partial charge in [-0.25, -0.2) is 13.1 Å². The standard InChI is InChI=1S/C16H14F3N3O5S/c17-16(18,19)14-4-2-1-3-13(14)15(23)20-9-10-21-28(26,27)12-7-5-11(6-8-12)22(24)25/h1-8,21H,9-10H2,(H,20,23). The van der Waals surface area contributed by atoms with Gasteiger partial charge in [0.05, 0.1) is 20.9 Å². The van der Waals surface area contributed by atoms with Crippen LogP contribution in [0.15, 0.2) is 53.4 Å². The molecular formula is C16H14F3N3O5S. The molecule has 0 fully saturated rings. The number of hydrogen-bond acceptors (Lipinski definition) is 5. The minimum Gasteiger partial charge on any atom is -0.351 e. The second-order valence-corrected chi connectivity index (χ2v) is 7.21. The van der Waals surface area contributed by atoms with Crippen molar-refractivity contribution in [2.75, 3.05) is 13.1 Å². The van der Waals surface area contributed by atoms with E-state index in [1.165, 1.54) is 6.07 Å². The Morgan fingerprint density at radius 3 is 2.21 bits per heavy atom. The van der Waals surface area contributed by atoms with Crippen LogP contribution in [0.1, 0.15) is 15.9 Å². The molecule has 0 atom stereocenters. The smallest absolute Gasteiger partial charge is 0.351 e. The summed E-state index contributed by atoms with van der Waals surface area (Å²) in [6.45, 7) is -0.559. The van der Waals surface area contributed by atoms with Crippen molar-refractivity contribution in [1.82, 2.24) is 10.0 Å². The number of rotatable bonds is 7. The van der Waals surface area contributed by atoms with E-state index in [-0.39, 0.29) is 23.7 Å². The molecule has 28 heavy (non-hydrogen) atoms. The van der Waals surface area contributed by atoms with Crippen molar-refractivity contribution in [2.24, 2.45) is 0 Å². The van der Waals surface area contributed by atoms with Crippen LogP contribution < -0.4 is 10.0 Å². The predicted octanol–water partition coefficient (Wildman–Crippen LogP) is 2.32. The molecule has 1 amide bonds. The van der Waals surface area contributed by atoms with E-state index in [9.17, 15) is 36.5 Å². The number of carbonyl (C=O) groups excluding carboxylic acids is 1. The summed E-state index contributed by atoms with van der Waals surface area (Å²) in [5.41, 5.74) is -1.96. The SMILES string of the molecule is O=C(NCCNS(=O)(=O)c1ccc([N+](=O)[O-])cc1)c1ccccc1C(F)(F)F. The summed E-state index contributed by atoms with van der Waals surface area (Å²) in [4.78, 5) is 21.6. The Balaban J connectivity index is 1.95. The molecule has 0 saturated carbocycles. The van der Waals surface area contributed by atoms with E-state index in [0.717, 1.165) is 42.5 Å². The molecule has 2 N–H and O–H groups in total. The highest BCUT2D eigenvalue weighted by molar-refractivity contribution is 7.89. The Morgan fingerprint density at radius 2 is 1.64 bits per heavy atom. The number of sulfonamides is 1. The quantitative estimate of drug-likeness (QED) is 0.407. The van der Waals surface area contributed by atoms with E-state index in [2.05, 4.69) is 10.0 Å². The van der Waals surface area contributed by atoms with E-state index < -0.39 is 38.2 Å². The molecular weight excluding hydrogens is 403 g/mol. The first-order chi connectivity index (χ1) is 13.0. The van der Waals surface area contributed by atoms with E-state index in [1.807, 2.05) is 0 Å². The number of nitrogens with zero attached hydrogens (tertiary/aromatic N) is 1. The lowest BCUT2D eigenvalue weighted by molar-refractivity contribution is -0.384. The molecule has 12 heteroatoms. The van der Waals surface area contributed by atoms with E-state index in [0.29, 0.717) is 0 Å². The van der Waals surface area contributed by atoms with Crippen LogP contribution in [-0.2, 0) is 16.2 Å². The van der Waals surface area contributed by atoms with Crippen molar-refractivity contribution in [3.63, 3.8) is 0 Å². The average molecular weight is 417 g/mol. The molecule has 150 valence electrons. The van der Waals surface area contributed by atoms with Gasteiger partial charge in [0, 0.05) is 25.2 Å². The minimum absolute atomic E-state index is 0.230. The van der Waals surface area contributed by atoms with Crippen LogP contribution in [0.25, 0.3) is 0 Å². The fraction of sp³-hybridized carbons (Fsp3) is 0.188. The number of nitro benzene ring substituents is 1. The fourth-order valence-electron chi connectivity index (χ4n) is 2.22. The molecule has 0 heterocycles. The zero-order valence-electron chi connectivity index (χ0n) is 14.1. The van der Waals surface area contributed by atoms with Crippen LogP contribution in [0.2, 0.25) is 0 Å². The van der Waals surface area contributed by atoms with Gasteiger partial charge in [0.15, 0.2) is 0 Å². The first-order valence-electron chi connectivity index (χ1n) is 7.71. The third kappa shape index (κ3) is 5.27. The number of non-ortho nitro benzene ring substituents is 1. The van der Waals surface area contributed by atoms with Gasteiger partial charge in [-0.2, -0.15) is 13.2 Å². The highest BCUT2D eigenvalue weighted by atomic mass is 32.2. The molecule has 0 saturated heterocycles. The van der Waals surface area contributed by atoms with Gasteiger partial charge in [-0.05, 0) is 24.3 Å². The second kappa shape index (κ2) is 8.35. The molecule has 8 nitrogen and oxygen atoms in total. The van der Waals surface area contributed by atoms with E-state index >= 15 is 0 Å². The molecule has 0 aliphatic heterocycles. The maximum Gasteiger partial charge on any atom is 0.417 e. The Morgan fingerprint density at radius 1 is 1.04 bits per heavy atom. The first kappa shape index (κ1) is 21.3. The molecule has 2 aromatic carbocycles. The largest absolute Gasteiger partial charge is 0.417 e. The Bertz CT molecular complexity index is 976. The van der Waals surface area contributed by atoms with Gasteiger partial charge in [-0.3, -0.25) is 14.9 Å². The molecule has 0 aromatic heterocycles. The van der Waals surface area contributed by atoms with Crippen molar-refractivity contribution in [1.29, 1.82) is 0 Å². The zero-order valence-corrected chi connectivity index (χ0v) is 14.9. The molecule has 0 radical (unpaired) electrons. The van der Waals surface area contributed by atoms with Crippen LogP contribution in [-0.4, -0.2) is 32.3 Å². The topological polar surface area (TPSA) is 118 Å². The molecule has 0 bridgehead atoms. The summed E-state index contributed by atoms with van der Waals surface area (Å²) in [6, 6.07) is 8.33. The van der Waals surface area contributed by atoms with Crippen molar-refractivity contribution in [3.05, 3.63) is 69.8 Å². The van der Waals surface area contributed by atoms with Gasteiger partial charge >= 0.3 is 6.18 Å². The van der Waals surface area contributed by atoms with Crippen molar-refractivity contribution in [2.45, 2.75) is 11.1 Å². The van der Waals surface area contributed by atoms with Crippen molar-refractivity contribution in [3.8, 4) is 0 Å². The van der Waals surface area contributed by atoms with Gasteiger partial charge < -0.3 is 5.32 Å². The molecule has 0 aliphatic carbocycles. The van der Waals surface area contributed by atoms with Crippen LogP contribution in [0, 0.1) is 10.1 Å². The maximum absolute atomic E-state index is 12.9. The first-order valence-corrected chi connectivity index (χ1v) is 9.19. The van der Waals surface area contributed by atoms with Gasteiger partial charge in [0.2, 0.25) is 10.0 Å². The summed E-state index contributed by atoms with van der Waals surface area (Å²) in [6.07, 6.45) is -4.70. The summed E-state index contributed by atoms with van der Waals surface area (Å²) in [5, 5.41) is 12.8. The maximum atomic E-state index is 12.9. The van der Waals surface area contributed by atoms with Crippen molar-refractivity contribution >= 4 is 21.6 Å². The number of halogens is 3. The second-order valence-electron chi connectivity index (χ2n) is 5.45. The van der Waals surface area contributed by atoms with Crippen LogP contribution in [0.3, 0.4) is 0 Å². The number of nitrogens with one attached hydrogen (secondary N) is 2. The number of nitro groups is 1. The summed E-state index contributed by atoms with van der Waals surface area (Å²) < 4.78 is 65.0. The molecule has 0 spiro atoms. The predicted molar refractivity (Wildman–Crippen MR) is 92.1 cm³/mol. The lowest BCUT2D eigenvalue weighted by Crippen LogP contribution is -2.35. The number of amides is 1. The molecule has 0 unspecified atom stereocenters. The lowest BCUT2D eigenvalue weighted by Gasteiger charge is -2.13. The van der Waals surface area contributed by atoms with Crippen LogP contribution in [0.5, 0.6) is 0 Å². The summed E-state index contributed by atoms with van der Waals surface area (Å²) in [7, 11) is -4.00. The monoisotopic (exact) mass is 417 g/mol. The number of hydrogen-bond donors (Lipinski definition) is 2. The lowest BCUT2D eigenvalue weighted by atomic mass is 10.1. The van der Waals surface area contributed by atoms with Crippen LogP contribution >= 0.6 is 0 Å². The molecule has 0 aliphatic rings. The molecule has 2 rings (SSSR count). The van der Waals surface area contributed by atoms with Gasteiger partial charge in [-0.15, -0.1) is 0 Å². The average Bonchev–Trinajstić information content (AvgIpc) is 2.64. The number of benzene rings is 2. The third-order valence-electron chi connectivity index (χ3n) is 3.54. The highest BCUT2D eigenvalue weighted by Gasteiger charge is 2.34. The van der Waals surface area contributed by atoms with Gasteiger partial charge in [-0.1, -0.05) is 12.1 Å². The van der Waals surface area contributed by atoms with E-state index in [4.69, 9.17) is 0 Å². The van der Waals surface area contributed by atoms with Gasteiger partial charge in [0.1, 0.15) is 0 Å². The zero-order chi connectivity index (χ0) is 20.9.